The lowest BCUT2D eigenvalue weighted by molar-refractivity contribution is -0.119. The monoisotopic (exact) mass is 260 g/mol. The number of hydrogen-bond donors (Lipinski definition) is 1. The van der Waals surface area contributed by atoms with Gasteiger partial charge < -0.3 is 10.2 Å². The van der Waals surface area contributed by atoms with Gasteiger partial charge in [0, 0.05) is 25.1 Å². The fourth-order valence-electron chi connectivity index (χ4n) is 2.44. The third-order valence-electron chi connectivity index (χ3n) is 3.50. The van der Waals surface area contributed by atoms with E-state index in [0.717, 1.165) is 16.7 Å². The molecule has 0 aliphatic carbocycles. The Morgan fingerprint density at radius 2 is 2.00 bits per heavy atom. The molecule has 0 aromatic heterocycles. The van der Waals surface area contributed by atoms with Gasteiger partial charge in [0.15, 0.2) is 0 Å². The van der Waals surface area contributed by atoms with E-state index in [-0.39, 0.29) is 23.9 Å². The van der Waals surface area contributed by atoms with Gasteiger partial charge in [0.25, 0.3) is 5.91 Å². The van der Waals surface area contributed by atoms with Crippen LogP contribution < -0.4 is 5.32 Å². The maximum atomic E-state index is 12.2. The first-order valence-corrected chi connectivity index (χ1v) is 6.61. The van der Waals surface area contributed by atoms with Gasteiger partial charge in [0.05, 0.1) is 6.04 Å². The maximum Gasteiger partial charge on any atom is 0.254 e. The molecule has 1 aromatic rings. The maximum absolute atomic E-state index is 12.2. The van der Waals surface area contributed by atoms with Crippen molar-refractivity contribution in [3.05, 3.63) is 34.9 Å². The highest BCUT2D eigenvalue weighted by Crippen LogP contribution is 2.27. The van der Waals surface area contributed by atoms with Crippen LogP contribution in [0.4, 0.5) is 0 Å². The first-order valence-electron chi connectivity index (χ1n) is 6.61. The van der Waals surface area contributed by atoms with Gasteiger partial charge in [0.2, 0.25) is 5.91 Å². The Labute approximate surface area is 113 Å². The summed E-state index contributed by atoms with van der Waals surface area (Å²) in [6.07, 6.45) is 0. The summed E-state index contributed by atoms with van der Waals surface area (Å²) in [6, 6.07) is 5.98. The smallest absolute Gasteiger partial charge is 0.254 e. The van der Waals surface area contributed by atoms with Crippen LogP contribution in [0.25, 0.3) is 0 Å². The summed E-state index contributed by atoms with van der Waals surface area (Å²) in [7, 11) is 0. The summed E-state index contributed by atoms with van der Waals surface area (Å²) in [6.45, 7) is 8.15. The first-order chi connectivity index (χ1) is 8.90. The molecule has 0 radical (unpaired) electrons. The summed E-state index contributed by atoms with van der Waals surface area (Å²) >= 11 is 0. The summed E-state index contributed by atoms with van der Waals surface area (Å²) in [5.74, 6) is 0.0524. The quantitative estimate of drug-likeness (QED) is 0.906. The SMILES string of the molecule is CC(=O)NC(C)c1ccc2c(c1)CN(C(C)C)C2=O. The summed E-state index contributed by atoms with van der Waals surface area (Å²) in [5.41, 5.74) is 2.87. The number of carbonyl (C=O) groups excluding carboxylic acids is 2. The summed E-state index contributed by atoms with van der Waals surface area (Å²) in [5, 5.41) is 2.86. The average Bonchev–Trinajstić information content (AvgIpc) is 2.65. The molecule has 1 unspecified atom stereocenters. The molecule has 0 saturated carbocycles. The van der Waals surface area contributed by atoms with Crippen LogP contribution in [0.2, 0.25) is 0 Å². The van der Waals surface area contributed by atoms with Crippen molar-refractivity contribution < 1.29 is 9.59 Å². The molecular formula is C15H20N2O2. The van der Waals surface area contributed by atoms with E-state index in [4.69, 9.17) is 0 Å². The number of rotatable bonds is 3. The molecule has 2 amide bonds. The fraction of sp³-hybridized carbons (Fsp3) is 0.467. The van der Waals surface area contributed by atoms with Gasteiger partial charge in [-0.05, 0) is 38.0 Å². The molecule has 19 heavy (non-hydrogen) atoms. The Bertz CT molecular complexity index is 523. The average molecular weight is 260 g/mol. The predicted molar refractivity (Wildman–Crippen MR) is 73.7 cm³/mol. The van der Waals surface area contributed by atoms with Crippen molar-refractivity contribution in [1.29, 1.82) is 0 Å². The van der Waals surface area contributed by atoms with E-state index in [1.807, 2.05) is 43.9 Å². The lowest BCUT2D eigenvalue weighted by atomic mass is 10.0. The molecule has 102 valence electrons. The summed E-state index contributed by atoms with van der Waals surface area (Å²) in [4.78, 5) is 25.1. The van der Waals surface area contributed by atoms with Crippen molar-refractivity contribution in [2.45, 2.75) is 46.3 Å². The highest BCUT2D eigenvalue weighted by molar-refractivity contribution is 5.98. The highest BCUT2D eigenvalue weighted by atomic mass is 16.2. The van der Waals surface area contributed by atoms with Gasteiger partial charge in [-0.3, -0.25) is 9.59 Å². The molecule has 1 aromatic carbocycles. The molecule has 1 N–H and O–H groups in total. The second kappa shape index (κ2) is 5.03. The number of hydrogen-bond acceptors (Lipinski definition) is 2. The minimum absolute atomic E-state index is 0.0361. The van der Waals surface area contributed by atoms with E-state index in [1.54, 1.807) is 0 Å². The van der Waals surface area contributed by atoms with Crippen LogP contribution in [0, 0.1) is 0 Å². The zero-order chi connectivity index (χ0) is 14.2. The van der Waals surface area contributed by atoms with Crippen molar-refractivity contribution in [2.24, 2.45) is 0 Å². The van der Waals surface area contributed by atoms with E-state index < -0.39 is 0 Å². The molecule has 4 nitrogen and oxygen atoms in total. The van der Waals surface area contributed by atoms with Crippen molar-refractivity contribution >= 4 is 11.8 Å². The van der Waals surface area contributed by atoms with E-state index in [0.29, 0.717) is 6.54 Å². The Hall–Kier alpha value is -1.84. The molecule has 1 aliphatic heterocycles. The Morgan fingerprint density at radius 1 is 1.32 bits per heavy atom. The van der Waals surface area contributed by atoms with E-state index in [9.17, 15) is 9.59 Å². The third kappa shape index (κ3) is 2.62. The Morgan fingerprint density at radius 3 is 2.58 bits per heavy atom. The lowest BCUT2D eigenvalue weighted by Crippen LogP contribution is -2.30. The van der Waals surface area contributed by atoms with Crippen LogP contribution in [-0.2, 0) is 11.3 Å². The van der Waals surface area contributed by atoms with Gasteiger partial charge in [-0.1, -0.05) is 12.1 Å². The number of carbonyl (C=O) groups is 2. The normalized spacial score (nSPS) is 15.6. The third-order valence-corrected chi connectivity index (χ3v) is 3.50. The number of amides is 2. The van der Waals surface area contributed by atoms with Crippen LogP contribution in [0.15, 0.2) is 18.2 Å². The standard InChI is InChI=1S/C15H20N2O2/c1-9(2)17-8-13-7-12(10(3)16-11(4)18)5-6-14(13)15(17)19/h5-7,9-10H,8H2,1-4H3,(H,16,18). The van der Waals surface area contributed by atoms with Crippen LogP contribution in [0.1, 0.15) is 55.2 Å². The van der Waals surface area contributed by atoms with Crippen LogP contribution in [0.5, 0.6) is 0 Å². The molecule has 4 heteroatoms. The predicted octanol–water partition coefficient (Wildman–Crippen LogP) is 2.25. The topological polar surface area (TPSA) is 49.4 Å². The van der Waals surface area contributed by atoms with Crippen LogP contribution >= 0.6 is 0 Å². The Balaban J connectivity index is 2.25. The molecule has 1 aliphatic rings. The largest absolute Gasteiger partial charge is 0.350 e. The van der Waals surface area contributed by atoms with Crippen LogP contribution in [-0.4, -0.2) is 22.8 Å². The van der Waals surface area contributed by atoms with Crippen LogP contribution in [0.3, 0.4) is 0 Å². The van der Waals surface area contributed by atoms with E-state index >= 15 is 0 Å². The second-order valence-corrected chi connectivity index (χ2v) is 5.37. The van der Waals surface area contributed by atoms with Gasteiger partial charge in [-0.2, -0.15) is 0 Å². The van der Waals surface area contributed by atoms with Crippen molar-refractivity contribution in [1.82, 2.24) is 10.2 Å². The first kappa shape index (κ1) is 13.6. The van der Waals surface area contributed by atoms with Crippen molar-refractivity contribution in [3.8, 4) is 0 Å². The molecule has 1 atom stereocenters. The molecular weight excluding hydrogens is 240 g/mol. The second-order valence-electron chi connectivity index (χ2n) is 5.37. The number of nitrogens with zero attached hydrogens (tertiary/aromatic N) is 1. The minimum atomic E-state index is -0.0483. The van der Waals surface area contributed by atoms with Gasteiger partial charge in [-0.25, -0.2) is 0 Å². The van der Waals surface area contributed by atoms with Gasteiger partial charge in [0.1, 0.15) is 0 Å². The number of fused-ring (bicyclic) bond motifs is 1. The molecule has 0 saturated heterocycles. The van der Waals surface area contributed by atoms with E-state index in [1.165, 1.54) is 6.92 Å². The Kier molecular flexibility index (Phi) is 3.60. The molecule has 0 spiro atoms. The number of benzene rings is 1. The molecule has 0 fully saturated rings. The molecule has 0 bridgehead atoms. The van der Waals surface area contributed by atoms with Crippen molar-refractivity contribution in [2.75, 3.05) is 0 Å². The molecule has 2 rings (SSSR count). The van der Waals surface area contributed by atoms with E-state index in [2.05, 4.69) is 5.32 Å². The highest BCUT2D eigenvalue weighted by Gasteiger charge is 2.29. The summed E-state index contributed by atoms with van der Waals surface area (Å²) < 4.78 is 0. The lowest BCUT2D eigenvalue weighted by Gasteiger charge is -2.19. The van der Waals surface area contributed by atoms with Gasteiger partial charge >= 0.3 is 0 Å². The zero-order valence-corrected chi connectivity index (χ0v) is 11.9. The minimum Gasteiger partial charge on any atom is -0.350 e. The fourth-order valence-corrected chi connectivity index (χ4v) is 2.44. The zero-order valence-electron chi connectivity index (χ0n) is 11.9. The van der Waals surface area contributed by atoms with Gasteiger partial charge in [-0.15, -0.1) is 0 Å². The molecule has 1 heterocycles. The number of nitrogens with one attached hydrogen (secondary N) is 1. The van der Waals surface area contributed by atoms with Crippen molar-refractivity contribution in [3.63, 3.8) is 0 Å².